The van der Waals surface area contributed by atoms with Crippen LogP contribution in [0.2, 0.25) is 0 Å². The van der Waals surface area contributed by atoms with Gasteiger partial charge < -0.3 is 18.9 Å². The van der Waals surface area contributed by atoms with E-state index in [2.05, 4.69) is 31.8 Å². The van der Waals surface area contributed by atoms with Gasteiger partial charge in [-0.1, -0.05) is 30.3 Å². The molecule has 2 aromatic heterocycles. The average molecular weight is 535 g/mol. The van der Waals surface area contributed by atoms with Crippen molar-refractivity contribution in [1.82, 2.24) is 29.3 Å². The number of likely N-dealkylation sites (N-methyl/N-ethyl adjacent to an activating group) is 1. The second-order valence-electron chi connectivity index (χ2n) is 10.7. The zero-order valence-corrected chi connectivity index (χ0v) is 22.2. The van der Waals surface area contributed by atoms with E-state index in [9.17, 15) is 0 Å². The Kier molecular flexibility index (Phi) is 6.90. The molecule has 1 saturated carbocycles. The fourth-order valence-electron chi connectivity index (χ4n) is 4.82. The summed E-state index contributed by atoms with van der Waals surface area (Å²) in [6.45, 7) is 7.28. The molecule has 6 rings (SSSR count). The molecule has 39 heavy (non-hydrogen) atoms. The minimum atomic E-state index is -0.751. The van der Waals surface area contributed by atoms with Gasteiger partial charge in [-0.2, -0.15) is 4.98 Å². The van der Waals surface area contributed by atoms with Gasteiger partial charge in [-0.05, 0) is 32.4 Å². The predicted octanol–water partition coefficient (Wildman–Crippen LogP) is 4.38. The molecule has 0 spiro atoms. The van der Waals surface area contributed by atoms with Crippen LogP contribution in [0.25, 0.3) is 22.6 Å². The molecule has 3 heterocycles. The monoisotopic (exact) mass is 534 g/mol. The molecule has 8 nitrogen and oxygen atoms in total. The third kappa shape index (κ3) is 5.58. The van der Waals surface area contributed by atoms with E-state index in [4.69, 9.17) is 9.47 Å². The van der Waals surface area contributed by atoms with Gasteiger partial charge in [-0.25, -0.2) is 18.7 Å². The third-order valence-corrected chi connectivity index (χ3v) is 7.49. The number of fused-ring (bicyclic) bond motifs is 1. The fraction of sp³-hybridized carbons (Fsp3) is 0.414. The van der Waals surface area contributed by atoms with Crippen LogP contribution in [0, 0.1) is 11.6 Å². The molecular formula is C29H32F2N6O2. The van der Waals surface area contributed by atoms with Gasteiger partial charge in [0.15, 0.2) is 11.2 Å². The zero-order valence-electron chi connectivity index (χ0n) is 22.2. The van der Waals surface area contributed by atoms with Crippen LogP contribution in [0.1, 0.15) is 25.3 Å². The molecule has 0 bridgehead atoms. The topological polar surface area (TPSA) is 68.5 Å². The summed E-state index contributed by atoms with van der Waals surface area (Å²) < 4.78 is 44.8. The number of piperazine rings is 1. The smallest absolute Gasteiger partial charge is 0.245 e. The maximum atomic E-state index is 15.6. The Labute approximate surface area is 226 Å². The van der Waals surface area contributed by atoms with E-state index >= 15 is 8.78 Å². The molecule has 0 N–H and O–H groups in total. The lowest BCUT2D eigenvalue weighted by atomic mass is 10.1. The summed E-state index contributed by atoms with van der Waals surface area (Å²) in [6.07, 6.45) is 3.23. The standard InChI is InChI=1S/C29H32F2N6O2/c1-29(8-9-29)39-28-25-27(32-19-33-28)37(18-20-6-4-3-5-7-20)26(34-25)24-22(30)16-21(17-23(24)31)38-15-14-36-12-10-35(2)11-13-36/h3-7,16-17,19H,8-15,18H2,1-2H3. The van der Waals surface area contributed by atoms with Crippen LogP contribution >= 0.6 is 0 Å². The van der Waals surface area contributed by atoms with Crippen molar-refractivity contribution in [2.75, 3.05) is 46.4 Å². The van der Waals surface area contributed by atoms with Crippen molar-refractivity contribution in [1.29, 1.82) is 0 Å². The highest BCUT2D eigenvalue weighted by atomic mass is 19.1. The Balaban J connectivity index is 1.32. The molecule has 0 radical (unpaired) electrons. The van der Waals surface area contributed by atoms with Gasteiger partial charge in [0.05, 0.1) is 12.1 Å². The SMILES string of the molecule is CN1CCN(CCOc2cc(F)c(-c3nc4c(OC5(C)CC5)ncnc4n3Cc3ccccc3)c(F)c2)CC1. The summed E-state index contributed by atoms with van der Waals surface area (Å²) in [4.78, 5) is 17.9. The molecular weight excluding hydrogens is 502 g/mol. The van der Waals surface area contributed by atoms with Gasteiger partial charge in [0.25, 0.3) is 0 Å². The van der Waals surface area contributed by atoms with Crippen molar-refractivity contribution >= 4 is 11.2 Å². The van der Waals surface area contributed by atoms with E-state index in [0.717, 1.165) is 44.6 Å². The molecule has 204 valence electrons. The lowest BCUT2D eigenvalue weighted by Crippen LogP contribution is -2.45. The van der Waals surface area contributed by atoms with E-state index in [1.54, 1.807) is 4.57 Å². The number of aromatic nitrogens is 4. The molecule has 0 atom stereocenters. The second-order valence-corrected chi connectivity index (χ2v) is 10.7. The number of hydrogen-bond donors (Lipinski definition) is 0. The lowest BCUT2D eigenvalue weighted by Gasteiger charge is -2.32. The molecule has 1 aliphatic heterocycles. The molecule has 1 aliphatic carbocycles. The molecule has 2 aromatic carbocycles. The van der Waals surface area contributed by atoms with Crippen LogP contribution in [0.3, 0.4) is 0 Å². The Morgan fingerprint density at radius 1 is 0.974 bits per heavy atom. The van der Waals surface area contributed by atoms with Crippen molar-refractivity contribution in [3.8, 4) is 23.0 Å². The lowest BCUT2D eigenvalue weighted by molar-refractivity contribution is 0.133. The van der Waals surface area contributed by atoms with Crippen LogP contribution in [-0.2, 0) is 6.54 Å². The number of benzene rings is 2. The Morgan fingerprint density at radius 2 is 1.69 bits per heavy atom. The summed E-state index contributed by atoms with van der Waals surface area (Å²) in [5.74, 6) is -0.909. The summed E-state index contributed by atoms with van der Waals surface area (Å²) in [5, 5.41) is 0. The van der Waals surface area contributed by atoms with Crippen molar-refractivity contribution < 1.29 is 18.3 Å². The van der Waals surface area contributed by atoms with Crippen molar-refractivity contribution in [3.63, 3.8) is 0 Å². The highest BCUT2D eigenvalue weighted by Gasteiger charge is 2.41. The summed E-state index contributed by atoms with van der Waals surface area (Å²) in [6, 6.07) is 12.1. The van der Waals surface area contributed by atoms with Crippen LogP contribution in [0.4, 0.5) is 8.78 Å². The first-order valence-electron chi connectivity index (χ1n) is 13.4. The number of ether oxygens (including phenoxy) is 2. The van der Waals surface area contributed by atoms with Crippen LogP contribution in [0.5, 0.6) is 11.6 Å². The number of hydrogen-bond acceptors (Lipinski definition) is 7. The maximum absolute atomic E-state index is 15.6. The van der Waals surface area contributed by atoms with Gasteiger partial charge in [-0.15, -0.1) is 0 Å². The van der Waals surface area contributed by atoms with Gasteiger partial charge in [0.2, 0.25) is 5.88 Å². The van der Waals surface area contributed by atoms with E-state index in [0.29, 0.717) is 36.7 Å². The average Bonchev–Trinajstić information content (AvgIpc) is 3.54. The molecule has 1 saturated heterocycles. The normalized spacial score (nSPS) is 17.4. The Morgan fingerprint density at radius 3 is 2.38 bits per heavy atom. The first-order valence-corrected chi connectivity index (χ1v) is 13.4. The summed E-state index contributed by atoms with van der Waals surface area (Å²) >= 11 is 0. The van der Waals surface area contributed by atoms with Gasteiger partial charge in [-0.3, -0.25) is 4.90 Å². The second kappa shape index (κ2) is 10.5. The number of nitrogens with zero attached hydrogens (tertiary/aromatic N) is 6. The van der Waals surface area contributed by atoms with E-state index < -0.39 is 11.6 Å². The largest absolute Gasteiger partial charge is 0.492 e. The fourth-order valence-corrected chi connectivity index (χ4v) is 4.82. The highest BCUT2D eigenvalue weighted by Crippen LogP contribution is 2.41. The third-order valence-electron chi connectivity index (χ3n) is 7.49. The molecule has 2 aliphatic rings. The van der Waals surface area contributed by atoms with Gasteiger partial charge in [0.1, 0.15) is 41.7 Å². The van der Waals surface area contributed by atoms with E-state index in [1.807, 2.05) is 37.3 Å². The van der Waals surface area contributed by atoms with Gasteiger partial charge in [0, 0.05) is 44.9 Å². The minimum absolute atomic E-state index is 0.124. The van der Waals surface area contributed by atoms with E-state index in [1.165, 1.54) is 18.5 Å². The molecule has 10 heteroatoms. The van der Waals surface area contributed by atoms with Gasteiger partial charge >= 0.3 is 0 Å². The summed E-state index contributed by atoms with van der Waals surface area (Å²) in [5.41, 5.74) is 1.23. The summed E-state index contributed by atoms with van der Waals surface area (Å²) in [7, 11) is 2.10. The van der Waals surface area contributed by atoms with Crippen molar-refractivity contribution in [2.24, 2.45) is 0 Å². The quantitative estimate of drug-likeness (QED) is 0.316. The Hall–Kier alpha value is -3.63. The Bertz CT molecular complexity index is 1440. The van der Waals surface area contributed by atoms with E-state index in [-0.39, 0.29) is 22.7 Å². The molecule has 2 fully saturated rings. The van der Waals surface area contributed by atoms with Crippen LogP contribution in [0.15, 0.2) is 48.8 Å². The predicted molar refractivity (Wildman–Crippen MR) is 144 cm³/mol. The highest BCUT2D eigenvalue weighted by molar-refractivity contribution is 5.81. The van der Waals surface area contributed by atoms with Crippen molar-refractivity contribution in [3.05, 3.63) is 66.0 Å². The number of rotatable bonds is 9. The molecule has 4 aromatic rings. The van der Waals surface area contributed by atoms with Crippen molar-refractivity contribution in [2.45, 2.75) is 31.9 Å². The number of halogens is 2. The maximum Gasteiger partial charge on any atom is 0.245 e. The molecule has 0 amide bonds. The minimum Gasteiger partial charge on any atom is -0.492 e. The zero-order chi connectivity index (χ0) is 27.0. The number of imidazole rings is 1. The van der Waals surface area contributed by atoms with Crippen LogP contribution in [-0.4, -0.2) is 81.3 Å². The van der Waals surface area contributed by atoms with Crippen LogP contribution < -0.4 is 9.47 Å². The molecule has 0 unspecified atom stereocenters. The first-order chi connectivity index (χ1) is 18.9. The first kappa shape index (κ1) is 25.6.